The quantitative estimate of drug-likeness (QED) is 0.366. The summed E-state index contributed by atoms with van der Waals surface area (Å²) >= 11 is 5.66. The van der Waals surface area contributed by atoms with Gasteiger partial charge in [0, 0.05) is 11.9 Å². The van der Waals surface area contributed by atoms with Gasteiger partial charge in [0.2, 0.25) is 5.91 Å². The predicted molar refractivity (Wildman–Crippen MR) is 136 cm³/mol. The molecule has 1 aliphatic rings. The average Bonchev–Trinajstić information content (AvgIpc) is 3.10. The molecule has 1 N–H and O–H groups in total. The molecule has 0 unspecified atom stereocenters. The molecule has 8 nitrogen and oxygen atoms in total. The van der Waals surface area contributed by atoms with Gasteiger partial charge in [0.05, 0.1) is 36.5 Å². The Hall–Kier alpha value is -4.18. The molecule has 184 valence electrons. The van der Waals surface area contributed by atoms with Gasteiger partial charge in [-0.3, -0.25) is 19.5 Å². The smallest absolute Gasteiger partial charge is 0.338 e. The molecule has 0 aliphatic carbocycles. The summed E-state index contributed by atoms with van der Waals surface area (Å²) in [4.78, 5) is 45.7. The third-order valence-electron chi connectivity index (χ3n) is 5.52. The molecule has 1 fully saturated rings. The maximum absolute atomic E-state index is 13.5. The molecule has 36 heavy (non-hydrogen) atoms. The van der Waals surface area contributed by atoms with E-state index >= 15 is 0 Å². The van der Waals surface area contributed by atoms with Crippen LogP contribution in [-0.2, 0) is 20.9 Å². The van der Waals surface area contributed by atoms with Crippen LogP contribution >= 0.6 is 12.2 Å². The van der Waals surface area contributed by atoms with Gasteiger partial charge in [-0.2, -0.15) is 0 Å². The molecular weight excluding hydrogens is 483 g/mol. The standard InChI is InChI=1S/C26H23FN4O4S/c1-2-35-25(34)17-6-12-21(13-7-17)31-24(33)22(15-23(32)29-19-10-8-18(27)9-11-19)30(26(31)36)16-20-5-3-4-14-28-20/h3-14,22H,2,15-16H2,1H3,(H,29,32)/t22-/m1/s1. The number of hydrogen-bond donors (Lipinski definition) is 1. The molecule has 0 bridgehead atoms. The second-order valence-corrected chi connectivity index (χ2v) is 8.31. The minimum absolute atomic E-state index is 0.180. The molecule has 0 saturated carbocycles. The summed E-state index contributed by atoms with van der Waals surface area (Å²) in [6.45, 7) is 2.19. The number of benzene rings is 2. The van der Waals surface area contributed by atoms with Crippen molar-refractivity contribution in [1.82, 2.24) is 9.88 Å². The van der Waals surface area contributed by atoms with Gasteiger partial charge < -0.3 is 15.0 Å². The highest BCUT2D eigenvalue weighted by molar-refractivity contribution is 7.80. The normalized spacial score (nSPS) is 15.2. The molecule has 1 atom stereocenters. The number of thiocarbonyl (C=S) groups is 1. The van der Waals surface area contributed by atoms with E-state index in [1.54, 1.807) is 54.4 Å². The van der Waals surface area contributed by atoms with Crippen molar-refractivity contribution in [2.75, 3.05) is 16.8 Å². The van der Waals surface area contributed by atoms with E-state index in [2.05, 4.69) is 10.3 Å². The first-order valence-corrected chi connectivity index (χ1v) is 11.6. The Balaban J connectivity index is 1.58. The number of nitrogens with one attached hydrogen (secondary N) is 1. The van der Waals surface area contributed by atoms with E-state index < -0.39 is 23.7 Å². The Morgan fingerprint density at radius 3 is 2.44 bits per heavy atom. The number of ether oxygens (including phenoxy) is 1. The van der Waals surface area contributed by atoms with Gasteiger partial charge in [0.1, 0.15) is 11.9 Å². The van der Waals surface area contributed by atoms with Crippen LogP contribution in [0, 0.1) is 5.82 Å². The van der Waals surface area contributed by atoms with Gasteiger partial charge in [-0.25, -0.2) is 9.18 Å². The minimum Gasteiger partial charge on any atom is -0.462 e. The molecule has 0 spiro atoms. The zero-order chi connectivity index (χ0) is 25.7. The Labute approximate surface area is 212 Å². The predicted octanol–water partition coefficient (Wildman–Crippen LogP) is 3.93. The average molecular weight is 507 g/mol. The molecule has 1 aliphatic heterocycles. The van der Waals surface area contributed by atoms with Crippen LogP contribution in [0.25, 0.3) is 0 Å². The van der Waals surface area contributed by atoms with Crippen molar-refractivity contribution in [3.8, 4) is 0 Å². The second kappa shape index (κ2) is 11.0. The fourth-order valence-corrected chi connectivity index (χ4v) is 4.19. The zero-order valence-electron chi connectivity index (χ0n) is 19.4. The number of carbonyl (C=O) groups is 3. The topological polar surface area (TPSA) is 91.8 Å². The van der Waals surface area contributed by atoms with Crippen LogP contribution in [0.4, 0.5) is 15.8 Å². The van der Waals surface area contributed by atoms with Crippen molar-refractivity contribution in [3.05, 3.63) is 90.0 Å². The van der Waals surface area contributed by atoms with Crippen molar-refractivity contribution in [3.63, 3.8) is 0 Å². The maximum Gasteiger partial charge on any atom is 0.338 e. The summed E-state index contributed by atoms with van der Waals surface area (Å²) in [7, 11) is 0. The van der Waals surface area contributed by atoms with Gasteiger partial charge in [-0.05, 0) is 79.8 Å². The van der Waals surface area contributed by atoms with Gasteiger partial charge >= 0.3 is 5.97 Å². The molecule has 1 saturated heterocycles. The van der Waals surface area contributed by atoms with Gasteiger partial charge in [0.15, 0.2) is 5.11 Å². The lowest BCUT2D eigenvalue weighted by atomic mass is 10.1. The van der Waals surface area contributed by atoms with E-state index in [4.69, 9.17) is 17.0 Å². The lowest BCUT2D eigenvalue weighted by Crippen LogP contribution is -2.37. The van der Waals surface area contributed by atoms with E-state index in [1.165, 1.54) is 29.2 Å². The van der Waals surface area contributed by atoms with Gasteiger partial charge in [-0.15, -0.1) is 0 Å². The number of carbonyl (C=O) groups excluding carboxylic acids is 3. The molecule has 3 aromatic rings. The highest BCUT2D eigenvalue weighted by Gasteiger charge is 2.44. The molecular formula is C26H23FN4O4S. The van der Waals surface area contributed by atoms with Crippen molar-refractivity contribution < 1.29 is 23.5 Å². The van der Waals surface area contributed by atoms with E-state index in [0.29, 0.717) is 22.6 Å². The number of hydrogen-bond acceptors (Lipinski definition) is 6. The third-order valence-corrected chi connectivity index (χ3v) is 5.94. The molecule has 10 heteroatoms. The van der Waals surface area contributed by atoms with E-state index in [1.807, 2.05) is 6.07 Å². The van der Waals surface area contributed by atoms with Crippen molar-refractivity contribution in [2.45, 2.75) is 25.9 Å². The number of anilines is 2. The van der Waals surface area contributed by atoms with Crippen LogP contribution in [0.3, 0.4) is 0 Å². The monoisotopic (exact) mass is 506 g/mol. The highest BCUT2D eigenvalue weighted by Crippen LogP contribution is 2.29. The first-order chi connectivity index (χ1) is 17.4. The summed E-state index contributed by atoms with van der Waals surface area (Å²) < 4.78 is 18.2. The Morgan fingerprint density at radius 2 is 1.81 bits per heavy atom. The highest BCUT2D eigenvalue weighted by atomic mass is 32.1. The number of rotatable bonds is 8. The summed E-state index contributed by atoms with van der Waals surface area (Å²) in [6, 6.07) is 16.2. The van der Waals surface area contributed by atoms with Crippen LogP contribution in [0.1, 0.15) is 29.4 Å². The first-order valence-electron chi connectivity index (χ1n) is 11.2. The number of halogens is 1. The summed E-state index contributed by atoms with van der Waals surface area (Å²) in [5.74, 6) is -1.69. The van der Waals surface area contributed by atoms with Gasteiger partial charge in [-0.1, -0.05) is 6.07 Å². The van der Waals surface area contributed by atoms with E-state index in [0.717, 1.165) is 0 Å². The minimum atomic E-state index is -0.885. The van der Waals surface area contributed by atoms with Crippen LogP contribution in [0.5, 0.6) is 0 Å². The largest absolute Gasteiger partial charge is 0.462 e. The van der Waals surface area contributed by atoms with E-state index in [9.17, 15) is 18.8 Å². The summed E-state index contributed by atoms with van der Waals surface area (Å²) in [5.41, 5.74) is 1.90. The Kier molecular flexibility index (Phi) is 7.65. The summed E-state index contributed by atoms with van der Waals surface area (Å²) in [5, 5.41) is 2.91. The van der Waals surface area contributed by atoms with E-state index in [-0.39, 0.29) is 30.6 Å². The van der Waals surface area contributed by atoms with Crippen molar-refractivity contribution >= 4 is 46.5 Å². The lowest BCUT2D eigenvalue weighted by molar-refractivity contribution is -0.124. The molecule has 2 aromatic carbocycles. The molecule has 0 radical (unpaired) electrons. The SMILES string of the molecule is CCOC(=O)c1ccc(N2C(=O)[C@@H](CC(=O)Nc3ccc(F)cc3)N(Cc3ccccn3)C2=S)cc1. The Morgan fingerprint density at radius 1 is 1.08 bits per heavy atom. The zero-order valence-corrected chi connectivity index (χ0v) is 20.2. The molecule has 4 rings (SSSR count). The maximum atomic E-state index is 13.5. The van der Waals surface area contributed by atoms with Crippen LogP contribution in [0.2, 0.25) is 0 Å². The number of amides is 2. The van der Waals surface area contributed by atoms with Crippen LogP contribution < -0.4 is 10.2 Å². The van der Waals surface area contributed by atoms with Crippen LogP contribution in [-0.4, -0.2) is 45.4 Å². The lowest BCUT2D eigenvalue weighted by Gasteiger charge is -2.23. The molecule has 1 aromatic heterocycles. The fourth-order valence-electron chi connectivity index (χ4n) is 3.80. The fraction of sp³-hybridized carbons (Fsp3) is 0.192. The van der Waals surface area contributed by atoms with Crippen molar-refractivity contribution in [2.24, 2.45) is 0 Å². The van der Waals surface area contributed by atoms with Gasteiger partial charge in [0.25, 0.3) is 5.91 Å². The second-order valence-electron chi connectivity index (χ2n) is 7.95. The number of esters is 1. The molecule has 2 amide bonds. The molecule has 2 heterocycles. The van der Waals surface area contributed by atoms with Crippen molar-refractivity contribution in [1.29, 1.82) is 0 Å². The number of nitrogens with zero attached hydrogens (tertiary/aromatic N) is 3. The Bertz CT molecular complexity index is 1270. The number of pyridine rings is 1. The third kappa shape index (κ3) is 5.55. The first kappa shape index (κ1) is 24.9. The summed E-state index contributed by atoms with van der Waals surface area (Å²) in [6.07, 6.45) is 1.46. The number of aromatic nitrogens is 1. The van der Waals surface area contributed by atoms with Crippen LogP contribution in [0.15, 0.2) is 72.9 Å².